The first-order valence-electron chi connectivity index (χ1n) is 4.89. The van der Waals surface area contributed by atoms with Gasteiger partial charge in [0.25, 0.3) is 0 Å². The average molecular weight is 276 g/mol. The minimum atomic E-state index is -4.87. The zero-order valence-corrected chi connectivity index (χ0v) is 9.72. The zero-order valence-electron chi connectivity index (χ0n) is 8.90. The third-order valence-corrected chi connectivity index (χ3v) is 2.93. The first-order valence-corrected chi connectivity index (χ1v) is 5.77. The van der Waals surface area contributed by atoms with Gasteiger partial charge >= 0.3 is 6.18 Å². The van der Waals surface area contributed by atoms with E-state index >= 15 is 0 Å². The number of halogens is 3. The number of hydrogen-bond acceptors (Lipinski definition) is 5. The van der Waals surface area contributed by atoms with Gasteiger partial charge < -0.3 is 4.52 Å². The number of carbonyl (C=O) groups excluding carboxylic acids is 1. The van der Waals surface area contributed by atoms with Gasteiger partial charge in [0.1, 0.15) is 0 Å². The number of ketones is 1. The average Bonchev–Trinajstić information content (AvgIpc) is 2.89. The normalized spacial score (nSPS) is 11.7. The van der Waals surface area contributed by atoms with Crippen LogP contribution in [-0.4, -0.2) is 22.1 Å². The van der Waals surface area contributed by atoms with Gasteiger partial charge in [0.05, 0.1) is 6.42 Å². The van der Waals surface area contributed by atoms with E-state index in [0.29, 0.717) is 6.42 Å². The quantitative estimate of drug-likeness (QED) is 0.860. The van der Waals surface area contributed by atoms with Crippen LogP contribution in [0, 0.1) is 0 Å². The van der Waals surface area contributed by atoms with E-state index in [9.17, 15) is 18.0 Å². The van der Waals surface area contributed by atoms with Gasteiger partial charge in [-0.15, -0.1) is 11.3 Å². The van der Waals surface area contributed by atoms with Gasteiger partial charge in [-0.05, 0) is 11.4 Å². The summed E-state index contributed by atoms with van der Waals surface area (Å²) in [7, 11) is 0. The molecule has 0 bridgehead atoms. The lowest BCUT2D eigenvalue weighted by Gasteiger charge is -2.00. The fraction of sp³-hybridized carbons (Fsp3) is 0.300. The Balaban J connectivity index is 2.00. The predicted octanol–water partition coefficient (Wildman–Crippen LogP) is 2.40. The van der Waals surface area contributed by atoms with Crippen LogP contribution in [0.1, 0.15) is 16.6 Å². The summed E-state index contributed by atoms with van der Waals surface area (Å²) in [6.07, 6.45) is -5.41. The molecule has 0 aliphatic carbocycles. The minimum Gasteiger partial charge on any atom is -0.339 e. The van der Waals surface area contributed by atoms with Crippen LogP contribution >= 0.6 is 11.3 Å². The number of carbonyl (C=O) groups is 1. The van der Waals surface area contributed by atoms with E-state index in [-0.39, 0.29) is 11.7 Å². The number of nitrogens with zero attached hydrogens (tertiary/aromatic N) is 2. The molecule has 0 amide bonds. The topological polar surface area (TPSA) is 56.0 Å². The number of alkyl halides is 3. The lowest BCUT2D eigenvalue weighted by atomic mass is 10.3. The Hall–Kier alpha value is -1.70. The number of thiophene rings is 1. The Morgan fingerprint density at radius 3 is 2.83 bits per heavy atom. The molecule has 0 spiro atoms. The molecule has 2 heterocycles. The molecule has 0 aliphatic rings. The molecule has 2 rings (SSSR count). The van der Waals surface area contributed by atoms with Crippen molar-refractivity contribution in [1.82, 2.24) is 10.1 Å². The molecule has 0 saturated heterocycles. The molecule has 8 heteroatoms. The first kappa shape index (κ1) is 12.7. The van der Waals surface area contributed by atoms with Crippen molar-refractivity contribution < 1.29 is 22.5 Å². The second-order valence-electron chi connectivity index (χ2n) is 3.46. The number of Topliss-reactive ketones (excluding diaryl/α,β-unsaturated/α-hetero) is 1. The molecule has 0 fully saturated rings. The summed E-state index contributed by atoms with van der Waals surface area (Å²) < 4.78 is 40.6. The van der Waals surface area contributed by atoms with Gasteiger partial charge in [0.15, 0.2) is 5.82 Å². The Bertz CT molecular complexity index is 534. The molecule has 0 radical (unpaired) electrons. The summed E-state index contributed by atoms with van der Waals surface area (Å²) in [5, 5.41) is 5.39. The number of hydrogen-bond donors (Lipinski definition) is 0. The van der Waals surface area contributed by atoms with E-state index in [1.54, 1.807) is 0 Å². The molecule has 0 saturated carbocycles. The van der Waals surface area contributed by atoms with Gasteiger partial charge in [-0.1, -0.05) is 11.2 Å². The maximum Gasteiger partial charge on any atom is 0.450 e. The molecule has 0 atom stereocenters. The molecule has 96 valence electrons. The number of aromatic nitrogens is 2. The van der Waals surface area contributed by atoms with Gasteiger partial charge in [-0.2, -0.15) is 18.2 Å². The Kier molecular flexibility index (Phi) is 3.46. The van der Waals surface area contributed by atoms with E-state index in [1.165, 1.54) is 11.3 Å². The molecule has 2 aromatic rings. The van der Waals surface area contributed by atoms with E-state index in [4.69, 9.17) is 0 Å². The molecule has 0 aromatic carbocycles. The molecule has 18 heavy (non-hydrogen) atoms. The van der Waals surface area contributed by atoms with Crippen LogP contribution in [0.2, 0.25) is 0 Å². The summed E-state index contributed by atoms with van der Waals surface area (Å²) in [5.41, 5.74) is 0. The van der Waals surface area contributed by atoms with E-state index in [1.807, 2.05) is 17.5 Å². The predicted molar refractivity (Wildman–Crippen MR) is 56.2 cm³/mol. The highest BCUT2D eigenvalue weighted by atomic mass is 32.1. The first-order chi connectivity index (χ1) is 8.45. The Morgan fingerprint density at radius 1 is 1.44 bits per heavy atom. The maximum atomic E-state index is 12.0. The van der Waals surface area contributed by atoms with E-state index in [2.05, 4.69) is 14.7 Å². The van der Waals surface area contributed by atoms with Crippen molar-refractivity contribution in [2.24, 2.45) is 0 Å². The van der Waals surface area contributed by atoms with Crippen molar-refractivity contribution in [3.8, 4) is 0 Å². The SMILES string of the molecule is O=C(Cc1nc(Cc2cccs2)no1)C(F)(F)F. The Morgan fingerprint density at radius 2 is 2.22 bits per heavy atom. The highest BCUT2D eigenvalue weighted by molar-refractivity contribution is 7.09. The van der Waals surface area contributed by atoms with Crippen LogP contribution in [0.25, 0.3) is 0 Å². The molecule has 2 aromatic heterocycles. The highest BCUT2D eigenvalue weighted by Crippen LogP contribution is 2.18. The largest absolute Gasteiger partial charge is 0.450 e. The summed E-state index contributed by atoms with van der Waals surface area (Å²) in [6, 6.07) is 3.69. The lowest BCUT2D eigenvalue weighted by molar-refractivity contribution is -0.170. The fourth-order valence-electron chi connectivity index (χ4n) is 1.24. The number of rotatable bonds is 4. The van der Waals surface area contributed by atoms with Crippen molar-refractivity contribution in [1.29, 1.82) is 0 Å². The smallest absolute Gasteiger partial charge is 0.339 e. The second kappa shape index (κ2) is 4.89. The van der Waals surface area contributed by atoms with E-state index in [0.717, 1.165) is 4.88 Å². The van der Waals surface area contributed by atoms with Crippen LogP contribution in [0.3, 0.4) is 0 Å². The van der Waals surface area contributed by atoms with Crippen LogP contribution in [0.5, 0.6) is 0 Å². The van der Waals surface area contributed by atoms with Gasteiger partial charge in [0, 0.05) is 11.3 Å². The summed E-state index contributed by atoms with van der Waals surface area (Å²) in [6.45, 7) is 0. The third-order valence-electron chi connectivity index (χ3n) is 2.05. The lowest BCUT2D eigenvalue weighted by Crippen LogP contribution is -2.24. The monoisotopic (exact) mass is 276 g/mol. The van der Waals surface area contributed by atoms with Gasteiger partial charge in [-0.25, -0.2) is 0 Å². The zero-order chi connectivity index (χ0) is 13.2. The van der Waals surface area contributed by atoms with Crippen molar-refractivity contribution in [2.75, 3.05) is 0 Å². The molecule has 0 aliphatic heterocycles. The fourth-order valence-corrected chi connectivity index (χ4v) is 1.94. The second-order valence-corrected chi connectivity index (χ2v) is 4.49. The highest BCUT2D eigenvalue weighted by Gasteiger charge is 2.39. The summed E-state index contributed by atoms with van der Waals surface area (Å²) in [4.78, 5) is 15.4. The van der Waals surface area contributed by atoms with Crippen LogP contribution in [-0.2, 0) is 17.6 Å². The standard InChI is InChI=1S/C10H7F3N2O2S/c11-10(12,13)7(16)5-9-14-8(15-17-9)4-6-2-1-3-18-6/h1-3H,4-5H2. The van der Waals surface area contributed by atoms with Crippen LogP contribution in [0.4, 0.5) is 13.2 Å². The minimum absolute atomic E-state index is 0.266. The molecule has 0 N–H and O–H groups in total. The van der Waals surface area contributed by atoms with Crippen LogP contribution in [0.15, 0.2) is 22.0 Å². The Labute approximate surface area is 103 Å². The molecular weight excluding hydrogens is 269 g/mol. The van der Waals surface area contributed by atoms with Gasteiger partial charge in [-0.3, -0.25) is 4.79 Å². The maximum absolute atomic E-state index is 12.0. The van der Waals surface area contributed by atoms with Crippen molar-refractivity contribution in [3.63, 3.8) is 0 Å². The van der Waals surface area contributed by atoms with Crippen LogP contribution < -0.4 is 0 Å². The van der Waals surface area contributed by atoms with E-state index < -0.39 is 18.4 Å². The third kappa shape index (κ3) is 3.16. The molecule has 4 nitrogen and oxygen atoms in total. The van der Waals surface area contributed by atoms with Crippen molar-refractivity contribution in [2.45, 2.75) is 19.0 Å². The van der Waals surface area contributed by atoms with Crippen molar-refractivity contribution in [3.05, 3.63) is 34.1 Å². The molecular formula is C10H7F3N2O2S. The van der Waals surface area contributed by atoms with Gasteiger partial charge in [0.2, 0.25) is 11.7 Å². The molecule has 0 unspecified atom stereocenters. The summed E-state index contributed by atoms with van der Waals surface area (Å²) >= 11 is 1.48. The summed E-state index contributed by atoms with van der Waals surface area (Å²) in [5.74, 6) is -1.94. The van der Waals surface area contributed by atoms with Crippen molar-refractivity contribution >= 4 is 17.1 Å².